The maximum Gasteiger partial charge on any atom is 0.472 e. The molecule has 0 radical (unpaired) electrons. The van der Waals surface area contributed by atoms with E-state index in [1.807, 2.05) is 27.2 Å². The summed E-state index contributed by atoms with van der Waals surface area (Å²) in [6.45, 7) is 4.86. The number of likely N-dealkylation sites (N-methyl/N-ethyl adjacent to an activating group) is 1. The van der Waals surface area contributed by atoms with Crippen LogP contribution in [0.2, 0.25) is 0 Å². The Kier molecular flexibility index (Phi) is 75.9. The molecule has 0 fully saturated rings. The van der Waals surface area contributed by atoms with Crippen LogP contribution in [-0.4, -0.2) is 73.4 Å². The first-order valence-electron chi connectivity index (χ1n) is 42.9. The third-order valence-corrected chi connectivity index (χ3v) is 21.1. The number of phosphoric ester groups is 1. The van der Waals surface area contributed by atoms with Crippen LogP contribution >= 0.6 is 7.82 Å². The molecule has 0 aliphatic rings. The van der Waals surface area contributed by atoms with Crippen LogP contribution in [0.5, 0.6) is 0 Å². The summed E-state index contributed by atoms with van der Waals surface area (Å²) in [5.74, 6) is -0.181. The van der Waals surface area contributed by atoms with Gasteiger partial charge in [0.2, 0.25) is 5.91 Å². The number of carbonyl (C=O) groups excluding carboxylic acids is 1. The molecule has 3 atom stereocenters. The van der Waals surface area contributed by atoms with Gasteiger partial charge in [-0.3, -0.25) is 13.8 Å². The zero-order valence-corrected chi connectivity index (χ0v) is 65.8. The number of hydrogen-bond donors (Lipinski definition) is 3. The van der Waals surface area contributed by atoms with Crippen molar-refractivity contribution in [1.82, 2.24) is 5.32 Å². The molecule has 0 aromatic carbocycles. The summed E-state index contributed by atoms with van der Waals surface area (Å²) in [6, 6.07) is -0.871. The zero-order chi connectivity index (χ0) is 69.0. The Morgan fingerprint density at radius 2 is 0.579 bits per heavy atom. The molecule has 0 aliphatic heterocycles. The quantitative estimate of drug-likeness (QED) is 0.0243. The van der Waals surface area contributed by atoms with E-state index in [1.165, 1.54) is 392 Å². The summed E-state index contributed by atoms with van der Waals surface area (Å²) in [6.07, 6.45) is 105. The molecule has 9 heteroatoms. The first kappa shape index (κ1) is 93.7. The molecule has 95 heavy (non-hydrogen) atoms. The standard InChI is InChI=1S/C86H169N2O6P/c1-6-8-10-12-14-16-18-20-22-24-26-28-30-32-34-36-38-40-41-42-43-44-45-46-47-48-50-52-54-56-58-60-62-64-66-68-70-72-74-76-78-80-86(90)87-84(83-94-95(91,92)93-82-81-88(3,4)5)85(89)79-77-75-73-71-69-67-65-63-61-59-57-55-53-51-49-39-37-35-33-31-29-27-25-23-21-19-17-15-13-11-9-7-2/h61,63,69,71,77,79,84-85,89H,6-60,62,64-68,70,72-76,78,80-83H2,1-5H3,(H-,87,90,91,92)/p+1/b63-61+,71-69+,79-77+. The molecule has 0 aliphatic carbocycles. The Balaban J connectivity index is 3.92. The summed E-state index contributed by atoms with van der Waals surface area (Å²) in [7, 11) is 1.57. The molecular formula is C86H170N2O6P+. The largest absolute Gasteiger partial charge is 0.472 e. The highest BCUT2D eigenvalue weighted by Crippen LogP contribution is 2.43. The first-order valence-corrected chi connectivity index (χ1v) is 44.4. The van der Waals surface area contributed by atoms with E-state index in [-0.39, 0.29) is 19.1 Å². The van der Waals surface area contributed by atoms with Crippen molar-refractivity contribution in [2.45, 2.75) is 469 Å². The fourth-order valence-corrected chi connectivity index (χ4v) is 14.2. The van der Waals surface area contributed by atoms with E-state index in [9.17, 15) is 19.4 Å². The lowest BCUT2D eigenvalue weighted by Crippen LogP contribution is -2.45. The van der Waals surface area contributed by atoms with Crippen molar-refractivity contribution in [1.29, 1.82) is 0 Å². The molecule has 8 nitrogen and oxygen atoms in total. The average Bonchev–Trinajstić information content (AvgIpc) is 2.44. The number of carbonyl (C=O) groups is 1. The van der Waals surface area contributed by atoms with Crippen molar-refractivity contribution < 1.29 is 32.9 Å². The van der Waals surface area contributed by atoms with Gasteiger partial charge in [0.15, 0.2) is 0 Å². The van der Waals surface area contributed by atoms with Crippen LogP contribution in [0.4, 0.5) is 0 Å². The molecule has 0 aromatic heterocycles. The molecule has 0 spiro atoms. The average molecular weight is 1360 g/mol. The topological polar surface area (TPSA) is 105 Å². The summed E-state index contributed by atoms with van der Waals surface area (Å²) in [5, 5.41) is 14.0. The molecule has 1 amide bonds. The third-order valence-electron chi connectivity index (χ3n) is 20.1. The van der Waals surface area contributed by atoms with E-state index in [2.05, 4.69) is 43.5 Å². The van der Waals surface area contributed by atoms with Crippen LogP contribution in [-0.2, 0) is 18.4 Å². The van der Waals surface area contributed by atoms with E-state index < -0.39 is 20.0 Å². The minimum absolute atomic E-state index is 0.0556. The predicted octanol–water partition coefficient (Wildman–Crippen LogP) is 28.3. The highest BCUT2D eigenvalue weighted by Gasteiger charge is 2.28. The molecule has 0 aromatic rings. The van der Waals surface area contributed by atoms with E-state index in [0.717, 1.165) is 44.9 Å². The lowest BCUT2D eigenvalue weighted by molar-refractivity contribution is -0.870. The number of rotatable bonds is 81. The molecule has 0 heterocycles. The Bertz CT molecular complexity index is 1650. The lowest BCUT2D eigenvalue weighted by atomic mass is 10.0. The smallest absolute Gasteiger partial charge is 0.387 e. The Hall–Kier alpha value is -1.28. The molecule has 0 rings (SSSR count). The van der Waals surface area contributed by atoms with E-state index in [1.54, 1.807) is 6.08 Å². The van der Waals surface area contributed by atoms with Crippen molar-refractivity contribution in [2.75, 3.05) is 40.9 Å². The predicted molar refractivity (Wildman–Crippen MR) is 420 cm³/mol. The summed E-state index contributed by atoms with van der Waals surface area (Å²) in [5.41, 5.74) is 0. The van der Waals surface area contributed by atoms with Crippen molar-refractivity contribution in [3.05, 3.63) is 36.5 Å². The first-order chi connectivity index (χ1) is 46.5. The molecule has 0 saturated carbocycles. The minimum Gasteiger partial charge on any atom is -0.387 e. The number of phosphoric acid groups is 1. The highest BCUT2D eigenvalue weighted by molar-refractivity contribution is 7.47. The van der Waals surface area contributed by atoms with Gasteiger partial charge in [0.25, 0.3) is 0 Å². The van der Waals surface area contributed by atoms with Crippen molar-refractivity contribution in [3.63, 3.8) is 0 Å². The van der Waals surface area contributed by atoms with Crippen molar-refractivity contribution in [3.8, 4) is 0 Å². The number of aliphatic hydroxyl groups is 1. The molecular weight excluding hydrogens is 1190 g/mol. The van der Waals surface area contributed by atoms with Crippen LogP contribution in [0, 0.1) is 0 Å². The lowest BCUT2D eigenvalue weighted by Gasteiger charge is -2.25. The zero-order valence-electron chi connectivity index (χ0n) is 65.0. The maximum absolute atomic E-state index is 13.1. The van der Waals surface area contributed by atoms with E-state index >= 15 is 0 Å². The van der Waals surface area contributed by atoms with Crippen LogP contribution in [0.25, 0.3) is 0 Å². The van der Waals surface area contributed by atoms with Crippen molar-refractivity contribution in [2.24, 2.45) is 0 Å². The van der Waals surface area contributed by atoms with Crippen LogP contribution in [0.1, 0.15) is 457 Å². The Morgan fingerprint density at radius 3 is 0.842 bits per heavy atom. The van der Waals surface area contributed by atoms with Gasteiger partial charge in [-0.1, -0.05) is 442 Å². The van der Waals surface area contributed by atoms with Gasteiger partial charge in [-0.25, -0.2) is 4.57 Å². The van der Waals surface area contributed by atoms with Crippen LogP contribution in [0.3, 0.4) is 0 Å². The fraction of sp³-hybridized carbons (Fsp3) is 0.919. The Labute approximate surface area is 595 Å². The van der Waals surface area contributed by atoms with Gasteiger partial charge in [-0.2, -0.15) is 0 Å². The van der Waals surface area contributed by atoms with Gasteiger partial charge in [0.05, 0.1) is 39.9 Å². The molecule has 3 unspecified atom stereocenters. The second-order valence-corrected chi connectivity index (χ2v) is 32.4. The third kappa shape index (κ3) is 79.9. The second kappa shape index (κ2) is 76.9. The number of amides is 1. The Morgan fingerprint density at radius 1 is 0.347 bits per heavy atom. The number of allylic oxidation sites excluding steroid dienone is 5. The molecule has 564 valence electrons. The van der Waals surface area contributed by atoms with Gasteiger partial charge < -0.3 is 19.8 Å². The summed E-state index contributed by atoms with van der Waals surface area (Å²) >= 11 is 0. The number of nitrogens with one attached hydrogen (secondary N) is 1. The number of hydrogen-bond acceptors (Lipinski definition) is 5. The number of quaternary nitrogens is 1. The molecule has 0 bridgehead atoms. The summed E-state index contributed by atoms with van der Waals surface area (Å²) < 4.78 is 23.9. The maximum atomic E-state index is 13.1. The van der Waals surface area contributed by atoms with Crippen LogP contribution < -0.4 is 5.32 Å². The molecule has 0 saturated heterocycles. The number of nitrogens with zero attached hydrogens (tertiary/aromatic N) is 1. The second-order valence-electron chi connectivity index (χ2n) is 30.9. The van der Waals surface area contributed by atoms with E-state index in [4.69, 9.17) is 9.05 Å². The van der Waals surface area contributed by atoms with Gasteiger partial charge >= 0.3 is 7.82 Å². The monoisotopic (exact) mass is 1360 g/mol. The number of aliphatic hydroxyl groups excluding tert-OH is 1. The van der Waals surface area contributed by atoms with Gasteiger partial charge in [-0.05, 0) is 44.9 Å². The van der Waals surface area contributed by atoms with E-state index in [0.29, 0.717) is 17.4 Å². The normalized spacial score (nSPS) is 13.5. The highest BCUT2D eigenvalue weighted by atomic mass is 31.2. The van der Waals surface area contributed by atoms with Crippen molar-refractivity contribution >= 4 is 13.7 Å². The molecule has 3 N–H and O–H groups in total. The fourth-order valence-electron chi connectivity index (χ4n) is 13.5. The van der Waals surface area contributed by atoms with Gasteiger partial charge in [-0.15, -0.1) is 0 Å². The summed E-state index contributed by atoms with van der Waals surface area (Å²) in [4.78, 5) is 23.5. The van der Waals surface area contributed by atoms with Crippen LogP contribution in [0.15, 0.2) is 36.5 Å². The number of unbranched alkanes of at least 4 members (excludes halogenated alkanes) is 64. The SMILES string of the molecule is CCCCCCCCCCCCCCCCCCCCCCCC/C=C/CC/C=C/CC/C=C/C(O)C(COP(=O)(O)OCC[N+](C)(C)C)NC(=O)CCCCCCCCCCCCCCCCCCCCCCCCCCCCCCCCCCCCCCCCCCC. The van der Waals surface area contributed by atoms with Gasteiger partial charge in [0.1, 0.15) is 13.2 Å². The minimum atomic E-state index is -4.37. The van der Waals surface area contributed by atoms with Gasteiger partial charge in [0, 0.05) is 6.42 Å².